The van der Waals surface area contributed by atoms with Crippen LogP contribution in [0.1, 0.15) is 15.9 Å². The molecule has 2 aromatic carbocycles. The van der Waals surface area contributed by atoms with Gasteiger partial charge in [-0.15, -0.1) is 0 Å². The molecule has 0 N–H and O–H groups in total. The lowest BCUT2D eigenvalue weighted by atomic mass is 10.2. The lowest BCUT2D eigenvalue weighted by molar-refractivity contribution is 0.0600. The second kappa shape index (κ2) is 5.75. The summed E-state index contributed by atoms with van der Waals surface area (Å²) in [4.78, 5) is 11.7. The van der Waals surface area contributed by atoms with E-state index in [0.29, 0.717) is 29.4 Å². The van der Waals surface area contributed by atoms with Gasteiger partial charge >= 0.3 is 5.97 Å². The molecule has 0 saturated carbocycles. The fourth-order valence-electron chi connectivity index (χ4n) is 2.06. The van der Waals surface area contributed by atoms with Crippen LogP contribution in [0, 0.1) is 0 Å². The maximum absolute atomic E-state index is 11.7. The molecule has 21 heavy (non-hydrogen) atoms. The normalized spacial score (nSPS) is 12.0. The molecule has 5 nitrogen and oxygen atoms in total. The van der Waals surface area contributed by atoms with Gasteiger partial charge in [0, 0.05) is 0 Å². The van der Waals surface area contributed by atoms with Gasteiger partial charge in [0.15, 0.2) is 11.5 Å². The minimum absolute atomic E-state index is 0.113. The Balaban J connectivity index is 1.86. The van der Waals surface area contributed by atoms with Crippen molar-refractivity contribution in [3.8, 4) is 17.2 Å². The minimum Gasteiger partial charge on any atom is -0.485 e. The lowest BCUT2D eigenvalue weighted by Gasteiger charge is -2.10. The summed E-state index contributed by atoms with van der Waals surface area (Å²) in [6, 6.07) is 12.9. The van der Waals surface area contributed by atoms with Crippen molar-refractivity contribution in [2.24, 2.45) is 0 Å². The van der Waals surface area contributed by atoms with Crippen LogP contribution in [0.2, 0.25) is 0 Å². The monoisotopic (exact) mass is 286 g/mol. The van der Waals surface area contributed by atoms with E-state index in [1.165, 1.54) is 7.11 Å². The zero-order chi connectivity index (χ0) is 14.7. The molecule has 0 unspecified atom stereocenters. The lowest BCUT2D eigenvalue weighted by Crippen LogP contribution is -2.03. The van der Waals surface area contributed by atoms with E-state index in [1.54, 1.807) is 12.1 Å². The standard InChI is InChI=1S/C16H14O5/c1-18-16(17)12-7-13(15-14(8-12)20-10-21-15)19-9-11-5-3-2-4-6-11/h2-8H,9-10H2,1H3. The Morgan fingerprint density at radius 2 is 2.00 bits per heavy atom. The van der Waals surface area contributed by atoms with E-state index in [1.807, 2.05) is 30.3 Å². The summed E-state index contributed by atoms with van der Waals surface area (Å²) in [5.74, 6) is 1.02. The van der Waals surface area contributed by atoms with Crippen molar-refractivity contribution in [2.45, 2.75) is 6.61 Å². The molecule has 3 rings (SSSR count). The van der Waals surface area contributed by atoms with Gasteiger partial charge in [-0.25, -0.2) is 4.79 Å². The minimum atomic E-state index is -0.446. The largest absolute Gasteiger partial charge is 0.485 e. The first-order valence-corrected chi connectivity index (χ1v) is 6.46. The Labute approximate surface area is 122 Å². The van der Waals surface area contributed by atoms with E-state index in [9.17, 15) is 4.79 Å². The first-order valence-electron chi connectivity index (χ1n) is 6.46. The van der Waals surface area contributed by atoms with Crippen LogP contribution in [0.4, 0.5) is 0 Å². The number of ether oxygens (including phenoxy) is 4. The number of hydrogen-bond acceptors (Lipinski definition) is 5. The molecule has 0 saturated heterocycles. The van der Waals surface area contributed by atoms with E-state index >= 15 is 0 Å². The fourth-order valence-corrected chi connectivity index (χ4v) is 2.06. The number of benzene rings is 2. The van der Waals surface area contributed by atoms with Crippen molar-refractivity contribution < 1.29 is 23.7 Å². The molecule has 1 aliphatic heterocycles. The molecule has 5 heteroatoms. The predicted octanol–water partition coefficient (Wildman–Crippen LogP) is 2.78. The number of rotatable bonds is 4. The number of methoxy groups -OCH3 is 1. The van der Waals surface area contributed by atoms with Gasteiger partial charge in [-0.3, -0.25) is 0 Å². The van der Waals surface area contributed by atoms with Crippen LogP contribution >= 0.6 is 0 Å². The highest BCUT2D eigenvalue weighted by molar-refractivity contribution is 5.91. The molecule has 0 radical (unpaired) electrons. The van der Waals surface area contributed by atoms with E-state index in [2.05, 4.69) is 0 Å². The molecule has 0 bridgehead atoms. The second-order valence-corrected chi connectivity index (χ2v) is 4.47. The molecule has 0 spiro atoms. The van der Waals surface area contributed by atoms with Crippen LogP contribution in [0.5, 0.6) is 17.2 Å². The summed E-state index contributed by atoms with van der Waals surface area (Å²) >= 11 is 0. The summed E-state index contributed by atoms with van der Waals surface area (Å²) in [5.41, 5.74) is 1.39. The molecule has 0 amide bonds. The Kier molecular flexibility index (Phi) is 3.64. The third kappa shape index (κ3) is 2.76. The number of carbonyl (C=O) groups excluding carboxylic acids is 1. The summed E-state index contributed by atoms with van der Waals surface area (Å²) < 4.78 is 21.2. The van der Waals surface area contributed by atoms with Gasteiger partial charge in [-0.2, -0.15) is 0 Å². The molecule has 108 valence electrons. The molecule has 0 aliphatic carbocycles. The maximum atomic E-state index is 11.7. The number of esters is 1. The highest BCUT2D eigenvalue weighted by Crippen LogP contribution is 2.42. The second-order valence-electron chi connectivity index (χ2n) is 4.47. The van der Waals surface area contributed by atoms with Crippen molar-refractivity contribution in [3.05, 3.63) is 53.6 Å². The molecule has 1 heterocycles. The first kappa shape index (κ1) is 13.3. The van der Waals surface area contributed by atoms with E-state index in [0.717, 1.165) is 5.56 Å². The molecule has 0 fully saturated rings. The molecular formula is C16H14O5. The Morgan fingerprint density at radius 3 is 2.76 bits per heavy atom. The van der Waals surface area contributed by atoms with Gasteiger partial charge in [0.1, 0.15) is 6.61 Å². The van der Waals surface area contributed by atoms with Crippen LogP contribution in [0.3, 0.4) is 0 Å². The summed E-state index contributed by atoms with van der Waals surface area (Å²) in [7, 11) is 1.33. The zero-order valence-corrected chi connectivity index (χ0v) is 11.5. The molecule has 2 aromatic rings. The summed E-state index contributed by atoms with van der Waals surface area (Å²) in [6.07, 6.45) is 0. The highest BCUT2D eigenvalue weighted by Gasteiger charge is 2.23. The van der Waals surface area contributed by atoms with Gasteiger partial charge in [-0.1, -0.05) is 30.3 Å². The average molecular weight is 286 g/mol. The topological polar surface area (TPSA) is 54.0 Å². The summed E-state index contributed by atoms with van der Waals surface area (Å²) in [5, 5.41) is 0. The quantitative estimate of drug-likeness (QED) is 0.809. The summed E-state index contributed by atoms with van der Waals surface area (Å²) in [6.45, 7) is 0.489. The fraction of sp³-hybridized carbons (Fsp3) is 0.188. The maximum Gasteiger partial charge on any atom is 0.338 e. The number of hydrogen-bond donors (Lipinski definition) is 0. The first-order chi connectivity index (χ1) is 10.3. The van der Waals surface area contributed by atoms with Crippen LogP contribution in [0.15, 0.2) is 42.5 Å². The van der Waals surface area contributed by atoms with Crippen molar-refractivity contribution in [1.82, 2.24) is 0 Å². The van der Waals surface area contributed by atoms with Crippen molar-refractivity contribution in [3.63, 3.8) is 0 Å². The van der Waals surface area contributed by atoms with Gasteiger partial charge in [0.25, 0.3) is 0 Å². The van der Waals surface area contributed by atoms with E-state index in [-0.39, 0.29) is 6.79 Å². The number of carbonyl (C=O) groups is 1. The van der Waals surface area contributed by atoms with Crippen molar-refractivity contribution >= 4 is 5.97 Å². The molecule has 0 atom stereocenters. The molecular weight excluding hydrogens is 272 g/mol. The number of fused-ring (bicyclic) bond motifs is 1. The third-order valence-electron chi connectivity index (χ3n) is 3.10. The van der Waals surface area contributed by atoms with E-state index < -0.39 is 5.97 Å². The van der Waals surface area contributed by atoms with Crippen LogP contribution < -0.4 is 14.2 Å². The highest BCUT2D eigenvalue weighted by atomic mass is 16.7. The average Bonchev–Trinajstić information content (AvgIpc) is 3.01. The molecule has 1 aliphatic rings. The third-order valence-corrected chi connectivity index (χ3v) is 3.10. The Morgan fingerprint density at radius 1 is 1.19 bits per heavy atom. The van der Waals surface area contributed by atoms with Gasteiger partial charge in [-0.05, 0) is 17.7 Å². The van der Waals surface area contributed by atoms with Crippen LogP contribution in [-0.2, 0) is 11.3 Å². The zero-order valence-electron chi connectivity index (χ0n) is 11.5. The SMILES string of the molecule is COC(=O)c1cc2c(c(OCc3ccccc3)c1)OCO2. The smallest absolute Gasteiger partial charge is 0.338 e. The van der Waals surface area contributed by atoms with E-state index in [4.69, 9.17) is 18.9 Å². The van der Waals surface area contributed by atoms with Crippen molar-refractivity contribution in [2.75, 3.05) is 13.9 Å². The van der Waals surface area contributed by atoms with Gasteiger partial charge in [0.05, 0.1) is 12.7 Å². The van der Waals surface area contributed by atoms with Gasteiger partial charge in [0.2, 0.25) is 12.5 Å². The Hall–Kier alpha value is -2.69. The van der Waals surface area contributed by atoms with Crippen LogP contribution in [-0.4, -0.2) is 19.9 Å². The van der Waals surface area contributed by atoms with Crippen LogP contribution in [0.25, 0.3) is 0 Å². The Bertz CT molecular complexity index is 651. The van der Waals surface area contributed by atoms with Gasteiger partial charge < -0.3 is 18.9 Å². The predicted molar refractivity (Wildman–Crippen MR) is 74.7 cm³/mol. The molecule has 0 aromatic heterocycles. The van der Waals surface area contributed by atoms with Crippen molar-refractivity contribution in [1.29, 1.82) is 0 Å².